The van der Waals surface area contributed by atoms with Crippen LogP contribution in [0, 0.1) is 16.0 Å². The summed E-state index contributed by atoms with van der Waals surface area (Å²) in [5.41, 5.74) is 0. The molecule has 2 rings (SSSR count). The van der Waals surface area contributed by atoms with Gasteiger partial charge in [0.15, 0.2) is 0 Å². The number of piperidine rings is 1. The second-order valence-corrected chi connectivity index (χ2v) is 5.99. The first-order valence-corrected chi connectivity index (χ1v) is 7.01. The molecule has 1 unspecified atom stereocenters. The fourth-order valence-corrected chi connectivity index (χ4v) is 3.28. The molecule has 1 saturated heterocycles. The molecule has 0 radical (unpaired) electrons. The minimum absolute atomic E-state index is 0.00775. The van der Waals surface area contributed by atoms with E-state index in [4.69, 9.17) is 0 Å². The predicted octanol–water partition coefficient (Wildman–Crippen LogP) is 2.51. The van der Waals surface area contributed by atoms with Crippen LogP contribution < -0.4 is 0 Å². The summed E-state index contributed by atoms with van der Waals surface area (Å²) in [4.78, 5) is 24.1. The van der Waals surface area contributed by atoms with Gasteiger partial charge in [-0.2, -0.15) is 0 Å². The van der Waals surface area contributed by atoms with Crippen molar-refractivity contribution >= 4 is 22.3 Å². The zero-order valence-corrected chi connectivity index (χ0v) is 11.4. The molecule has 1 atom stereocenters. The van der Waals surface area contributed by atoms with Gasteiger partial charge in [0, 0.05) is 10.9 Å². The Morgan fingerprint density at radius 2 is 2.16 bits per heavy atom. The average Bonchev–Trinajstić information content (AvgIpc) is 2.81. The zero-order valence-electron chi connectivity index (χ0n) is 10.6. The molecule has 0 aromatic carbocycles. The number of hydrogen-bond donors (Lipinski definition) is 1. The molecule has 0 amide bonds. The van der Waals surface area contributed by atoms with E-state index in [2.05, 4.69) is 6.92 Å². The van der Waals surface area contributed by atoms with E-state index in [1.807, 2.05) is 4.90 Å². The van der Waals surface area contributed by atoms with Crippen LogP contribution in [0.2, 0.25) is 0 Å². The molecule has 0 aliphatic carbocycles. The zero-order chi connectivity index (χ0) is 14.0. The summed E-state index contributed by atoms with van der Waals surface area (Å²) < 4.78 is 0. The van der Waals surface area contributed by atoms with E-state index >= 15 is 0 Å². The fourth-order valence-electron chi connectivity index (χ4n) is 2.33. The summed E-state index contributed by atoms with van der Waals surface area (Å²) in [5, 5.41) is 20.1. The van der Waals surface area contributed by atoms with E-state index in [1.54, 1.807) is 6.07 Å². The summed E-state index contributed by atoms with van der Waals surface area (Å²) >= 11 is 0.950. The third-order valence-corrected chi connectivity index (χ3v) is 4.57. The second-order valence-electron chi connectivity index (χ2n) is 4.89. The van der Waals surface area contributed by atoms with E-state index in [0.29, 0.717) is 10.8 Å². The largest absolute Gasteiger partial charge is 0.480 e. The summed E-state index contributed by atoms with van der Waals surface area (Å²) in [6, 6.07) is 2.17. The van der Waals surface area contributed by atoms with Gasteiger partial charge in [-0.25, -0.2) is 0 Å². The Bertz CT molecular complexity index is 480. The summed E-state index contributed by atoms with van der Waals surface area (Å²) in [5.74, 6) is -0.324. The summed E-state index contributed by atoms with van der Waals surface area (Å²) in [6.07, 6.45) is 1.94. The Kier molecular flexibility index (Phi) is 4.16. The summed E-state index contributed by atoms with van der Waals surface area (Å²) in [6.45, 7) is 3.61. The van der Waals surface area contributed by atoms with Gasteiger partial charge in [-0.05, 0) is 37.9 Å². The van der Waals surface area contributed by atoms with Crippen LogP contribution in [0.1, 0.15) is 30.7 Å². The highest BCUT2D eigenvalue weighted by Crippen LogP contribution is 2.34. The lowest BCUT2D eigenvalue weighted by molar-refractivity contribution is -0.380. The first-order valence-electron chi connectivity index (χ1n) is 6.20. The number of aliphatic carboxylic acids is 1. The number of carbonyl (C=O) groups is 1. The van der Waals surface area contributed by atoms with Gasteiger partial charge in [0.25, 0.3) is 0 Å². The van der Waals surface area contributed by atoms with Crippen LogP contribution in [-0.2, 0) is 4.79 Å². The van der Waals surface area contributed by atoms with Crippen molar-refractivity contribution in [3.8, 4) is 0 Å². The minimum atomic E-state index is -0.939. The van der Waals surface area contributed by atoms with Crippen molar-refractivity contribution in [1.82, 2.24) is 4.90 Å². The van der Waals surface area contributed by atoms with Gasteiger partial charge in [-0.1, -0.05) is 18.3 Å². The number of carboxylic acid groups (broad SMARTS) is 1. The Balaban J connectivity index is 2.19. The Morgan fingerprint density at radius 1 is 1.53 bits per heavy atom. The van der Waals surface area contributed by atoms with Crippen molar-refractivity contribution in [3.63, 3.8) is 0 Å². The number of carboxylic acids is 1. The van der Waals surface area contributed by atoms with Crippen LogP contribution in [0.15, 0.2) is 12.1 Å². The molecular formula is C12H16N2O4S. The van der Waals surface area contributed by atoms with Crippen molar-refractivity contribution in [1.29, 1.82) is 0 Å². The Hall–Kier alpha value is -1.47. The Morgan fingerprint density at radius 3 is 2.63 bits per heavy atom. The highest BCUT2D eigenvalue weighted by atomic mass is 32.1. The maximum Gasteiger partial charge on any atom is 0.326 e. The van der Waals surface area contributed by atoms with Gasteiger partial charge in [0.1, 0.15) is 6.04 Å². The maximum absolute atomic E-state index is 11.5. The number of rotatable bonds is 4. The van der Waals surface area contributed by atoms with E-state index < -0.39 is 16.9 Å². The molecule has 1 aromatic rings. The third-order valence-electron chi connectivity index (χ3n) is 3.48. The lowest BCUT2D eigenvalue weighted by Crippen LogP contribution is -2.39. The maximum atomic E-state index is 11.5. The lowest BCUT2D eigenvalue weighted by Gasteiger charge is -2.33. The molecule has 1 aliphatic rings. The van der Waals surface area contributed by atoms with E-state index in [-0.39, 0.29) is 5.00 Å². The Labute approximate surface area is 114 Å². The number of nitrogens with zero attached hydrogens (tertiary/aromatic N) is 2. The van der Waals surface area contributed by atoms with Crippen LogP contribution in [0.4, 0.5) is 5.00 Å². The van der Waals surface area contributed by atoms with Gasteiger partial charge < -0.3 is 5.11 Å². The standard InChI is InChI=1S/C12H16N2O4S/c1-8-4-6-13(7-5-8)11(12(15)16)9-2-3-10(19-9)14(17)18/h2-3,8,11H,4-7H2,1H3,(H,15,16). The molecule has 0 saturated carbocycles. The smallest absolute Gasteiger partial charge is 0.326 e. The molecule has 104 valence electrons. The van der Waals surface area contributed by atoms with Gasteiger partial charge in [-0.15, -0.1) is 0 Å². The molecule has 7 heteroatoms. The highest BCUT2D eigenvalue weighted by molar-refractivity contribution is 7.15. The molecular weight excluding hydrogens is 268 g/mol. The van der Waals surface area contributed by atoms with Crippen LogP contribution in [-0.4, -0.2) is 34.0 Å². The predicted molar refractivity (Wildman–Crippen MR) is 71.3 cm³/mol. The van der Waals surface area contributed by atoms with Crippen LogP contribution in [0.5, 0.6) is 0 Å². The van der Waals surface area contributed by atoms with E-state index in [9.17, 15) is 20.0 Å². The van der Waals surface area contributed by atoms with Crippen molar-refractivity contribution in [2.75, 3.05) is 13.1 Å². The van der Waals surface area contributed by atoms with Crippen molar-refractivity contribution in [2.24, 2.45) is 5.92 Å². The highest BCUT2D eigenvalue weighted by Gasteiger charge is 2.32. The fraction of sp³-hybridized carbons (Fsp3) is 0.583. The third kappa shape index (κ3) is 3.10. The average molecular weight is 284 g/mol. The summed E-state index contributed by atoms with van der Waals surface area (Å²) in [7, 11) is 0. The molecule has 19 heavy (non-hydrogen) atoms. The van der Waals surface area contributed by atoms with Crippen molar-refractivity contribution in [2.45, 2.75) is 25.8 Å². The monoisotopic (exact) mass is 284 g/mol. The first kappa shape index (κ1) is 14.0. The lowest BCUT2D eigenvalue weighted by atomic mass is 9.97. The number of nitro groups is 1. The topological polar surface area (TPSA) is 83.7 Å². The van der Waals surface area contributed by atoms with Crippen molar-refractivity contribution < 1.29 is 14.8 Å². The quantitative estimate of drug-likeness (QED) is 0.678. The molecule has 2 heterocycles. The normalized spacial score (nSPS) is 19.2. The van der Waals surface area contributed by atoms with Gasteiger partial charge >= 0.3 is 11.0 Å². The molecule has 0 bridgehead atoms. The first-order chi connectivity index (χ1) is 8.99. The molecule has 0 spiro atoms. The minimum Gasteiger partial charge on any atom is -0.480 e. The number of likely N-dealkylation sites (tertiary alicyclic amines) is 1. The molecule has 6 nitrogen and oxygen atoms in total. The second kappa shape index (κ2) is 5.66. The number of hydrogen-bond acceptors (Lipinski definition) is 5. The van der Waals surface area contributed by atoms with Gasteiger partial charge in [-0.3, -0.25) is 19.8 Å². The molecule has 1 fully saturated rings. The van der Waals surface area contributed by atoms with E-state index in [1.165, 1.54) is 6.07 Å². The molecule has 1 aromatic heterocycles. The molecule has 1 aliphatic heterocycles. The van der Waals surface area contributed by atoms with E-state index in [0.717, 1.165) is 37.3 Å². The SMILES string of the molecule is CC1CCN(C(C(=O)O)c2ccc([N+](=O)[O-])s2)CC1. The van der Waals surface area contributed by atoms with Gasteiger partial charge in [0.05, 0.1) is 4.92 Å². The molecule has 1 N–H and O–H groups in total. The van der Waals surface area contributed by atoms with Crippen LogP contribution in [0.3, 0.4) is 0 Å². The van der Waals surface area contributed by atoms with Crippen molar-refractivity contribution in [3.05, 3.63) is 27.1 Å². The number of thiophene rings is 1. The van der Waals surface area contributed by atoms with Gasteiger partial charge in [0.2, 0.25) is 0 Å². The van der Waals surface area contributed by atoms with Crippen LogP contribution >= 0.6 is 11.3 Å². The van der Waals surface area contributed by atoms with Crippen LogP contribution in [0.25, 0.3) is 0 Å².